The van der Waals surface area contributed by atoms with Crippen molar-refractivity contribution in [3.8, 4) is 17.2 Å². The largest absolute Gasteiger partial charge is 0.496 e. The number of nitrogens with zero attached hydrogens (tertiary/aromatic N) is 2. The van der Waals surface area contributed by atoms with Gasteiger partial charge in [-0.05, 0) is 59.6 Å². The van der Waals surface area contributed by atoms with Crippen LogP contribution in [0.4, 0.5) is 0 Å². The zero-order chi connectivity index (χ0) is 27.4. The van der Waals surface area contributed by atoms with E-state index >= 15 is 0 Å². The number of fused-ring (bicyclic) bond motifs is 1. The molecule has 2 heterocycles. The van der Waals surface area contributed by atoms with Crippen LogP contribution in [0.25, 0.3) is 6.08 Å². The van der Waals surface area contributed by atoms with Gasteiger partial charge in [0.2, 0.25) is 0 Å². The highest BCUT2D eigenvalue weighted by Crippen LogP contribution is 2.34. The Morgan fingerprint density at radius 3 is 2.53 bits per heavy atom. The molecule has 0 amide bonds. The average Bonchev–Trinajstić information content (AvgIpc) is 3.21. The van der Waals surface area contributed by atoms with Crippen molar-refractivity contribution in [1.82, 2.24) is 4.57 Å². The molecule has 1 aliphatic heterocycles. The maximum Gasteiger partial charge on any atom is 0.338 e. The molecule has 0 saturated heterocycles. The van der Waals surface area contributed by atoms with Crippen LogP contribution in [0.3, 0.4) is 0 Å². The summed E-state index contributed by atoms with van der Waals surface area (Å²) in [4.78, 5) is 32.0. The van der Waals surface area contributed by atoms with Gasteiger partial charge in [0.25, 0.3) is 5.56 Å². The Bertz CT molecular complexity index is 1590. The Kier molecular flexibility index (Phi) is 8.53. The summed E-state index contributed by atoms with van der Waals surface area (Å²) in [6, 6.07) is 10.1. The van der Waals surface area contributed by atoms with Crippen LogP contribution in [0.15, 0.2) is 74.6 Å². The number of carbonyl (C=O) groups excluding carboxylic acids is 1. The minimum atomic E-state index is -0.717. The summed E-state index contributed by atoms with van der Waals surface area (Å²) in [7, 11) is 3.12. The summed E-state index contributed by atoms with van der Waals surface area (Å²) in [6.45, 7) is 7.73. The first-order valence-electron chi connectivity index (χ1n) is 11.8. The Morgan fingerprint density at radius 2 is 1.89 bits per heavy atom. The van der Waals surface area contributed by atoms with Gasteiger partial charge in [0.15, 0.2) is 4.80 Å². The number of rotatable bonds is 9. The summed E-state index contributed by atoms with van der Waals surface area (Å²) in [6.07, 6.45) is 3.41. The van der Waals surface area contributed by atoms with Gasteiger partial charge in [-0.15, -0.1) is 0 Å². The number of aromatic nitrogens is 1. The first-order valence-corrected chi connectivity index (χ1v) is 13.4. The predicted molar refractivity (Wildman–Crippen MR) is 150 cm³/mol. The van der Waals surface area contributed by atoms with Crippen LogP contribution in [0.2, 0.25) is 0 Å². The molecule has 0 radical (unpaired) electrons. The number of benzene rings is 2. The lowest BCUT2D eigenvalue weighted by Gasteiger charge is -2.24. The summed E-state index contributed by atoms with van der Waals surface area (Å²) in [5.74, 6) is 1.29. The lowest BCUT2D eigenvalue weighted by molar-refractivity contribution is -0.139. The zero-order valence-corrected chi connectivity index (χ0v) is 23.9. The zero-order valence-electron chi connectivity index (χ0n) is 21.4. The van der Waals surface area contributed by atoms with Gasteiger partial charge in [0.05, 0.1) is 47.1 Å². The van der Waals surface area contributed by atoms with E-state index in [-0.39, 0.29) is 12.2 Å². The average molecular weight is 600 g/mol. The molecule has 0 unspecified atom stereocenters. The fraction of sp³-hybridized carbons (Fsp3) is 0.250. The van der Waals surface area contributed by atoms with E-state index in [2.05, 4.69) is 27.5 Å². The summed E-state index contributed by atoms with van der Waals surface area (Å²) >= 11 is 4.73. The van der Waals surface area contributed by atoms with Crippen molar-refractivity contribution in [1.29, 1.82) is 0 Å². The van der Waals surface area contributed by atoms with Crippen molar-refractivity contribution >= 4 is 39.3 Å². The minimum Gasteiger partial charge on any atom is -0.496 e. The number of ether oxygens (including phenoxy) is 4. The molecule has 3 aromatic rings. The van der Waals surface area contributed by atoms with E-state index in [1.165, 1.54) is 11.3 Å². The van der Waals surface area contributed by atoms with E-state index in [4.69, 9.17) is 18.9 Å². The van der Waals surface area contributed by atoms with Crippen molar-refractivity contribution in [2.24, 2.45) is 4.99 Å². The number of esters is 1. The highest BCUT2D eigenvalue weighted by molar-refractivity contribution is 9.10. The lowest BCUT2D eigenvalue weighted by Crippen LogP contribution is -2.39. The summed E-state index contributed by atoms with van der Waals surface area (Å²) in [5.41, 5.74) is 1.94. The monoisotopic (exact) mass is 598 g/mol. The van der Waals surface area contributed by atoms with Crippen LogP contribution in [0, 0.1) is 0 Å². The normalized spacial score (nSPS) is 15.0. The summed E-state index contributed by atoms with van der Waals surface area (Å²) in [5, 5.41) is 0. The van der Waals surface area contributed by atoms with Crippen LogP contribution >= 0.6 is 27.3 Å². The topological polar surface area (TPSA) is 88.4 Å². The molecule has 198 valence electrons. The SMILES string of the molecule is C=CCOc1ccc([C@H]2C(C(=O)OCC)=C(C)N=c3sc(=Cc4cc(Br)c(OC)cc4OC)c(=O)n32)cc1. The molecular weight excluding hydrogens is 572 g/mol. The number of methoxy groups -OCH3 is 2. The van der Waals surface area contributed by atoms with Crippen molar-refractivity contribution in [2.45, 2.75) is 19.9 Å². The van der Waals surface area contributed by atoms with Gasteiger partial charge in [-0.3, -0.25) is 9.36 Å². The molecule has 0 bridgehead atoms. The molecule has 0 aliphatic carbocycles. The highest BCUT2D eigenvalue weighted by Gasteiger charge is 2.33. The molecule has 10 heteroatoms. The van der Waals surface area contributed by atoms with E-state index in [0.29, 0.717) is 50.0 Å². The van der Waals surface area contributed by atoms with E-state index < -0.39 is 12.0 Å². The van der Waals surface area contributed by atoms with Gasteiger partial charge in [-0.2, -0.15) is 0 Å². The third-order valence-corrected chi connectivity index (χ3v) is 7.47. The van der Waals surface area contributed by atoms with E-state index in [1.807, 2.05) is 18.2 Å². The van der Waals surface area contributed by atoms with E-state index in [9.17, 15) is 9.59 Å². The quantitative estimate of drug-likeness (QED) is 0.272. The Balaban J connectivity index is 1.91. The molecule has 1 atom stereocenters. The second-order valence-electron chi connectivity index (χ2n) is 8.20. The Hall–Kier alpha value is -3.63. The molecule has 0 N–H and O–H groups in total. The number of carbonyl (C=O) groups is 1. The van der Waals surface area contributed by atoms with Crippen LogP contribution in [0.1, 0.15) is 31.0 Å². The predicted octanol–water partition coefficient (Wildman–Crippen LogP) is 4.14. The Labute approximate surface area is 232 Å². The van der Waals surface area contributed by atoms with Crippen molar-refractivity contribution < 1.29 is 23.7 Å². The lowest BCUT2D eigenvalue weighted by atomic mass is 9.96. The molecule has 8 nitrogen and oxygen atoms in total. The smallest absolute Gasteiger partial charge is 0.338 e. The van der Waals surface area contributed by atoms with Gasteiger partial charge in [-0.1, -0.05) is 36.1 Å². The number of hydrogen-bond acceptors (Lipinski definition) is 8. The maximum absolute atomic E-state index is 13.8. The number of thiazole rings is 1. The third kappa shape index (κ3) is 5.32. The molecule has 1 aliphatic rings. The second-order valence-corrected chi connectivity index (χ2v) is 10.1. The molecular formula is C28H27BrN2O6S. The molecule has 0 fully saturated rings. The molecule has 0 saturated carbocycles. The van der Waals surface area contributed by atoms with Gasteiger partial charge in [0, 0.05) is 11.6 Å². The van der Waals surface area contributed by atoms with Crippen LogP contribution in [0.5, 0.6) is 17.2 Å². The van der Waals surface area contributed by atoms with Gasteiger partial charge in [-0.25, -0.2) is 9.79 Å². The van der Waals surface area contributed by atoms with Crippen molar-refractivity contribution in [3.63, 3.8) is 0 Å². The van der Waals surface area contributed by atoms with Gasteiger partial charge < -0.3 is 18.9 Å². The van der Waals surface area contributed by atoms with E-state index in [0.717, 1.165) is 10.0 Å². The van der Waals surface area contributed by atoms with E-state index in [1.54, 1.807) is 63.0 Å². The first-order chi connectivity index (χ1) is 18.3. The molecule has 0 spiro atoms. The second kappa shape index (κ2) is 11.8. The van der Waals surface area contributed by atoms with Crippen molar-refractivity contribution in [2.75, 3.05) is 27.4 Å². The van der Waals surface area contributed by atoms with Crippen LogP contribution in [-0.2, 0) is 9.53 Å². The fourth-order valence-electron chi connectivity index (χ4n) is 4.15. The first kappa shape index (κ1) is 27.4. The summed E-state index contributed by atoms with van der Waals surface area (Å²) < 4.78 is 24.6. The fourth-order valence-corrected chi connectivity index (χ4v) is 5.71. The van der Waals surface area contributed by atoms with Crippen LogP contribution in [-0.4, -0.2) is 38.0 Å². The number of hydrogen-bond donors (Lipinski definition) is 0. The van der Waals surface area contributed by atoms with Gasteiger partial charge >= 0.3 is 5.97 Å². The highest BCUT2D eigenvalue weighted by atomic mass is 79.9. The maximum atomic E-state index is 13.8. The standard InChI is InChI=1S/C28H27BrN2O6S/c1-6-12-37-19-10-8-17(9-11-19)25-24(27(33)36-7-2)16(3)30-28-31(25)26(32)23(38-28)14-18-13-20(29)22(35-5)15-21(18)34-4/h6,8-11,13-15,25H,1,7,12H2,2-5H3/t25-/m0/s1. The molecule has 38 heavy (non-hydrogen) atoms. The number of allylic oxidation sites excluding steroid dienone is 1. The third-order valence-electron chi connectivity index (χ3n) is 5.87. The molecule has 2 aromatic carbocycles. The van der Waals surface area contributed by atoms with Crippen molar-refractivity contribution in [3.05, 3.63) is 95.6 Å². The minimum absolute atomic E-state index is 0.202. The molecule has 4 rings (SSSR count). The number of halogens is 1. The molecule has 1 aromatic heterocycles. The Morgan fingerprint density at radius 1 is 1.18 bits per heavy atom. The van der Waals surface area contributed by atoms with Gasteiger partial charge in [0.1, 0.15) is 23.9 Å². The van der Waals surface area contributed by atoms with Crippen LogP contribution < -0.4 is 29.1 Å².